The van der Waals surface area contributed by atoms with E-state index in [1.165, 1.54) is 0 Å². The molecule has 0 spiro atoms. The van der Waals surface area contributed by atoms with Crippen molar-refractivity contribution in [3.8, 4) is 0 Å². The van der Waals surface area contributed by atoms with Gasteiger partial charge in [0.2, 0.25) is 0 Å². The predicted molar refractivity (Wildman–Crippen MR) is 117 cm³/mol. The molecule has 6 unspecified atom stereocenters. The SMILES string of the molecule is CCCCC(CC)COC(=O)C1CC(O)C(O)CC1C(=O)OCC(CC)CCCC. The highest BCUT2D eigenvalue weighted by molar-refractivity contribution is 5.82. The van der Waals surface area contributed by atoms with Crippen LogP contribution < -0.4 is 0 Å². The molecule has 1 aliphatic rings. The summed E-state index contributed by atoms with van der Waals surface area (Å²) < 4.78 is 11.1. The molecule has 176 valence electrons. The van der Waals surface area contributed by atoms with Crippen molar-refractivity contribution in [3.63, 3.8) is 0 Å². The molecule has 0 heterocycles. The number of ether oxygens (including phenoxy) is 2. The van der Waals surface area contributed by atoms with E-state index in [2.05, 4.69) is 27.7 Å². The number of unbranched alkanes of at least 4 members (excludes halogenated alkanes) is 2. The van der Waals surface area contributed by atoms with E-state index in [-0.39, 0.29) is 12.8 Å². The van der Waals surface area contributed by atoms with Crippen molar-refractivity contribution >= 4 is 11.9 Å². The van der Waals surface area contributed by atoms with Crippen molar-refractivity contribution in [2.24, 2.45) is 23.7 Å². The van der Waals surface area contributed by atoms with Crippen molar-refractivity contribution in [3.05, 3.63) is 0 Å². The second-order valence-electron chi connectivity index (χ2n) is 8.91. The van der Waals surface area contributed by atoms with Crippen molar-refractivity contribution in [2.75, 3.05) is 13.2 Å². The molecule has 1 fully saturated rings. The Balaban J connectivity index is 2.70. The van der Waals surface area contributed by atoms with E-state index in [9.17, 15) is 19.8 Å². The Labute approximate surface area is 182 Å². The fourth-order valence-electron chi connectivity index (χ4n) is 4.09. The average molecular weight is 429 g/mol. The van der Waals surface area contributed by atoms with Crippen LogP contribution in [0.2, 0.25) is 0 Å². The van der Waals surface area contributed by atoms with Gasteiger partial charge in [-0.3, -0.25) is 9.59 Å². The molecule has 6 atom stereocenters. The van der Waals surface area contributed by atoms with Crippen molar-refractivity contribution in [1.29, 1.82) is 0 Å². The Morgan fingerprint density at radius 2 is 1.13 bits per heavy atom. The number of carbonyl (C=O) groups is 2. The zero-order valence-electron chi connectivity index (χ0n) is 19.5. The lowest BCUT2D eigenvalue weighted by atomic mass is 9.76. The van der Waals surface area contributed by atoms with Crippen LogP contribution in [0.3, 0.4) is 0 Å². The zero-order chi connectivity index (χ0) is 22.5. The summed E-state index contributed by atoms with van der Waals surface area (Å²) in [5, 5.41) is 20.2. The first kappa shape index (κ1) is 26.9. The smallest absolute Gasteiger partial charge is 0.309 e. The number of aliphatic hydroxyl groups excluding tert-OH is 2. The minimum Gasteiger partial charge on any atom is -0.465 e. The monoisotopic (exact) mass is 428 g/mol. The normalized spacial score (nSPS) is 26.1. The summed E-state index contributed by atoms with van der Waals surface area (Å²) >= 11 is 0. The molecule has 30 heavy (non-hydrogen) atoms. The Kier molecular flexibility index (Phi) is 13.3. The van der Waals surface area contributed by atoms with Crippen molar-refractivity contribution in [2.45, 2.75) is 104 Å². The van der Waals surface area contributed by atoms with Crippen LogP contribution in [0.5, 0.6) is 0 Å². The number of carbonyl (C=O) groups excluding carboxylic acids is 2. The third-order valence-electron chi connectivity index (χ3n) is 6.54. The number of hydrogen-bond donors (Lipinski definition) is 2. The molecule has 0 amide bonds. The summed E-state index contributed by atoms with van der Waals surface area (Å²) in [7, 11) is 0. The van der Waals surface area contributed by atoms with E-state index >= 15 is 0 Å². The molecule has 1 rings (SSSR count). The molecule has 0 aromatic rings. The molecule has 0 saturated heterocycles. The summed E-state index contributed by atoms with van der Waals surface area (Å²) in [6.45, 7) is 9.10. The molecular formula is C24H44O6. The van der Waals surface area contributed by atoms with Crippen LogP contribution in [0.15, 0.2) is 0 Å². The molecule has 1 saturated carbocycles. The number of esters is 2. The van der Waals surface area contributed by atoms with Gasteiger partial charge in [0, 0.05) is 0 Å². The fraction of sp³-hybridized carbons (Fsp3) is 0.917. The highest BCUT2D eigenvalue weighted by Gasteiger charge is 2.44. The maximum Gasteiger partial charge on any atom is 0.309 e. The number of hydrogen-bond acceptors (Lipinski definition) is 6. The van der Waals surface area contributed by atoms with Gasteiger partial charge < -0.3 is 19.7 Å². The third kappa shape index (κ3) is 8.93. The molecule has 6 nitrogen and oxygen atoms in total. The largest absolute Gasteiger partial charge is 0.465 e. The summed E-state index contributed by atoms with van der Waals surface area (Å²) in [6, 6.07) is 0. The summed E-state index contributed by atoms with van der Waals surface area (Å²) in [5.74, 6) is -1.85. The predicted octanol–water partition coefficient (Wildman–Crippen LogP) is 4.25. The molecule has 1 aliphatic carbocycles. The number of aliphatic hydroxyl groups is 2. The lowest BCUT2D eigenvalue weighted by molar-refractivity contribution is -0.171. The Morgan fingerprint density at radius 3 is 1.43 bits per heavy atom. The van der Waals surface area contributed by atoms with Gasteiger partial charge in [0.25, 0.3) is 0 Å². The van der Waals surface area contributed by atoms with E-state index < -0.39 is 36.0 Å². The highest BCUT2D eigenvalue weighted by Crippen LogP contribution is 2.33. The first-order chi connectivity index (χ1) is 14.4. The minimum absolute atomic E-state index is 0.0263. The molecule has 0 aromatic carbocycles. The van der Waals surface area contributed by atoms with Crippen LogP contribution in [-0.4, -0.2) is 47.6 Å². The molecule has 0 radical (unpaired) electrons. The Hall–Kier alpha value is -1.14. The van der Waals surface area contributed by atoms with E-state index in [1.54, 1.807) is 0 Å². The highest BCUT2D eigenvalue weighted by atomic mass is 16.5. The van der Waals surface area contributed by atoms with Crippen LogP contribution >= 0.6 is 0 Å². The molecule has 6 heteroatoms. The van der Waals surface area contributed by atoms with E-state index in [0.717, 1.165) is 51.4 Å². The van der Waals surface area contributed by atoms with Gasteiger partial charge in [-0.2, -0.15) is 0 Å². The second-order valence-corrected chi connectivity index (χ2v) is 8.91. The van der Waals surface area contributed by atoms with Gasteiger partial charge in [-0.1, -0.05) is 66.2 Å². The fourth-order valence-corrected chi connectivity index (χ4v) is 4.09. The minimum atomic E-state index is -1.03. The summed E-state index contributed by atoms with van der Waals surface area (Å²) in [4.78, 5) is 25.5. The quantitative estimate of drug-likeness (QED) is 0.402. The van der Waals surface area contributed by atoms with Gasteiger partial charge in [-0.25, -0.2) is 0 Å². The molecule has 0 aliphatic heterocycles. The first-order valence-electron chi connectivity index (χ1n) is 12.1. The van der Waals surface area contributed by atoms with Crippen LogP contribution in [0.4, 0.5) is 0 Å². The van der Waals surface area contributed by atoms with Gasteiger partial charge in [-0.15, -0.1) is 0 Å². The topological polar surface area (TPSA) is 93.1 Å². The Morgan fingerprint density at radius 1 is 0.767 bits per heavy atom. The van der Waals surface area contributed by atoms with E-state index in [1.807, 2.05) is 0 Å². The first-order valence-corrected chi connectivity index (χ1v) is 12.1. The third-order valence-corrected chi connectivity index (χ3v) is 6.54. The second kappa shape index (κ2) is 14.8. The van der Waals surface area contributed by atoms with Gasteiger partial charge in [0.1, 0.15) is 0 Å². The summed E-state index contributed by atoms with van der Waals surface area (Å²) in [5.41, 5.74) is 0. The van der Waals surface area contributed by atoms with E-state index in [4.69, 9.17) is 9.47 Å². The van der Waals surface area contributed by atoms with Gasteiger partial charge in [0.05, 0.1) is 37.3 Å². The van der Waals surface area contributed by atoms with Crippen LogP contribution in [-0.2, 0) is 19.1 Å². The van der Waals surface area contributed by atoms with Gasteiger partial charge in [-0.05, 0) is 37.5 Å². The molecule has 2 N–H and O–H groups in total. The summed E-state index contributed by atoms with van der Waals surface area (Å²) in [6.07, 6.45) is 6.26. The van der Waals surface area contributed by atoms with Crippen molar-refractivity contribution < 1.29 is 29.3 Å². The number of rotatable bonds is 14. The standard InChI is InChI=1S/C24H44O6/c1-5-9-11-17(7-3)15-29-23(27)19-13-21(25)22(26)14-20(19)24(28)30-16-18(8-4)12-10-6-2/h17-22,25-26H,5-16H2,1-4H3. The Bertz CT molecular complexity index is 450. The maximum atomic E-state index is 12.8. The van der Waals surface area contributed by atoms with Gasteiger partial charge >= 0.3 is 11.9 Å². The average Bonchev–Trinajstić information content (AvgIpc) is 2.75. The van der Waals surface area contributed by atoms with E-state index in [0.29, 0.717) is 25.0 Å². The van der Waals surface area contributed by atoms with Crippen LogP contribution in [0.1, 0.15) is 91.9 Å². The lowest BCUT2D eigenvalue weighted by Gasteiger charge is -2.34. The van der Waals surface area contributed by atoms with Crippen LogP contribution in [0, 0.1) is 23.7 Å². The lowest BCUT2D eigenvalue weighted by Crippen LogP contribution is -2.46. The van der Waals surface area contributed by atoms with Crippen LogP contribution in [0.25, 0.3) is 0 Å². The zero-order valence-corrected chi connectivity index (χ0v) is 19.5. The van der Waals surface area contributed by atoms with Crippen molar-refractivity contribution in [1.82, 2.24) is 0 Å². The molecule has 0 aromatic heterocycles. The molecule has 0 bridgehead atoms. The maximum absolute atomic E-state index is 12.8. The van der Waals surface area contributed by atoms with Gasteiger partial charge in [0.15, 0.2) is 0 Å². The molecular weight excluding hydrogens is 384 g/mol.